The van der Waals surface area contributed by atoms with Crippen LogP contribution in [0.1, 0.15) is 36.5 Å². The number of anilines is 1. The fourth-order valence-electron chi connectivity index (χ4n) is 2.03. The zero-order chi connectivity index (χ0) is 14.5. The lowest BCUT2D eigenvalue weighted by Crippen LogP contribution is -2.01. The van der Waals surface area contributed by atoms with Gasteiger partial charge in [-0.3, -0.25) is 0 Å². The van der Waals surface area contributed by atoms with Gasteiger partial charge in [0.05, 0.1) is 11.6 Å². The van der Waals surface area contributed by atoms with E-state index in [4.69, 9.17) is 5.26 Å². The Kier molecular flexibility index (Phi) is 4.37. The van der Waals surface area contributed by atoms with Crippen molar-refractivity contribution in [3.8, 4) is 6.07 Å². The van der Waals surface area contributed by atoms with Crippen LogP contribution in [0.5, 0.6) is 0 Å². The van der Waals surface area contributed by atoms with Gasteiger partial charge in [0.25, 0.3) is 0 Å². The summed E-state index contributed by atoms with van der Waals surface area (Å²) in [6.45, 7) is 4.78. The predicted molar refractivity (Wildman–Crippen MR) is 79.0 cm³/mol. The molecule has 2 rings (SSSR count). The molecule has 3 heteroatoms. The van der Waals surface area contributed by atoms with E-state index in [0.717, 1.165) is 11.3 Å². The largest absolute Gasteiger partial charge is 0.381 e. The quantitative estimate of drug-likeness (QED) is 0.890. The maximum absolute atomic E-state index is 13.3. The van der Waals surface area contributed by atoms with Crippen molar-refractivity contribution in [3.63, 3.8) is 0 Å². The van der Waals surface area contributed by atoms with Gasteiger partial charge in [-0.25, -0.2) is 4.39 Å². The molecule has 0 saturated carbocycles. The van der Waals surface area contributed by atoms with Crippen LogP contribution in [0.2, 0.25) is 0 Å². The molecule has 1 N–H and O–H groups in total. The van der Waals surface area contributed by atoms with Gasteiger partial charge in [0.15, 0.2) is 0 Å². The Labute approximate surface area is 118 Å². The molecule has 0 aliphatic heterocycles. The first kappa shape index (κ1) is 14.1. The van der Waals surface area contributed by atoms with Gasteiger partial charge in [-0.1, -0.05) is 26.0 Å². The fraction of sp³-hybridized carbons (Fsp3) is 0.235. The molecule has 0 radical (unpaired) electrons. The van der Waals surface area contributed by atoms with Gasteiger partial charge in [0, 0.05) is 12.2 Å². The minimum Gasteiger partial charge on any atom is -0.381 e. The third-order valence-corrected chi connectivity index (χ3v) is 3.14. The number of hydrogen-bond acceptors (Lipinski definition) is 2. The zero-order valence-electron chi connectivity index (χ0n) is 11.7. The van der Waals surface area contributed by atoms with E-state index >= 15 is 0 Å². The van der Waals surface area contributed by atoms with Crippen LogP contribution in [-0.2, 0) is 6.54 Å². The summed E-state index contributed by atoms with van der Waals surface area (Å²) < 4.78 is 13.3. The van der Waals surface area contributed by atoms with Gasteiger partial charge in [-0.15, -0.1) is 0 Å². The van der Waals surface area contributed by atoms with Crippen molar-refractivity contribution in [2.75, 3.05) is 5.32 Å². The highest BCUT2D eigenvalue weighted by molar-refractivity contribution is 5.47. The lowest BCUT2D eigenvalue weighted by molar-refractivity contribution is 0.625. The molecule has 0 spiro atoms. The number of benzene rings is 2. The van der Waals surface area contributed by atoms with Gasteiger partial charge >= 0.3 is 0 Å². The highest BCUT2D eigenvalue weighted by Gasteiger charge is 2.02. The van der Waals surface area contributed by atoms with Gasteiger partial charge < -0.3 is 5.32 Å². The summed E-state index contributed by atoms with van der Waals surface area (Å²) >= 11 is 0. The average Bonchev–Trinajstić information content (AvgIpc) is 2.44. The summed E-state index contributed by atoms with van der Waals surface area (Å²) in [6.07, 6.45) is 0. The van der Waals surface area contributed by atoms with Gasteiger partial charge in [-0.05, 0) is 47.4 Å². The van der Waals surface area contributed by atoms with E-state index in [1.807, 2.05) is 18.2 Å². The second-order valence-electron chi connectivity index (χ2n) is 5.09. The lowest BCUT2D eigenvalue weighted by Gasteiger charge is -2.10. The van der Waals surface area contributed by atoms with Crippen LogP contribution in [-0.4, -0.2) is 0 Å². The molecule has 0 amide bonds. The van der Waals surface area contributed by atoms with Gasteiger partial charge in [0.2, 0.25) is 0 Å². The summed E-state index contributed by atoms with van der Waals surface area (Å²) in [7, 11) is 0. The lowest BCUT2D eigenvalue weighted by atomic mass is 10.0. The molecule has 20 heavy (non-hydrogen) atoms. The number of nitrogens with one attached hydrogen (secondary N) is 1. The Morgan fingerprint density at radius 2 is 2.00 bits per heavy atom. The van der Waals surface area contributed by atoms with Crippen molar-refractivity contribution in [1.82, 2.24) is 0 Å². The first-order valence-electron chi connectivity index (χ1n) is 6.62. The van der Waals surface area contributed by atoms with E-state index < -0.39 is 0 Å². The van der Waals surface area contributed by atoms with Crippen molar-refractivity contribution in [3.05, 3.63) is 65.0 Å². The molecule has 0 fully saturated rings. The molecule has 0 saturated heterocycles. The van der Waals surface area contributed by atoms with Crippen LogP contribution in [0, 0.1) is 17.1 Å². The fourth-order valence-corrected chi connectivity index (χ4v) is 2.03. The van der Waals surface area contributed by atoms with E-state index in [2.05, 4.69) is 31.3 Å². The molecule has 0 unspecified atom stereocenters. The van der Waals surface area contributed by atoms with Crippen molar-refractivity contribution >= 4 is 5.69 Å². The van der Waals surface area contributed by atoms with Crippen LogP contribution in [0.4, 0.5) is 10.1 Å². The third-order valence-electron chi connectivity index (χ3n) is 3.14. The zero-order valence-corrected chi connectivity index (χ0v) is 11.7. The highest BCUT2D eigenvalue weighted by Crippen LogP contribution is 2.19. The summed E-state index contributed by atoms with van der Waals surface area (Å²) in [5, 5.41) is 12.1. The molecule has 0 aliphatic rings. The average molecular weight is 268 g/mol. The van der Waals surface area contributed by atoms with Crippen LogP contribution in [0.3, 0.4) is 0 Å². The Morgan fingerprint density at radius 3 is 2.70 bits per heavy atom. The minimum absolute atomic E-state index is 0.345. The molecule has 0 aliphatic carbocycles. The molecule has 0 bridgehead atoms. The van der Waals surface area contributed by atoms with Crippen LogP contribution < -0.4 is 5.32 Å². The Morgan fingerprint density at radius 1 is 1.20 bits per heavy atom. The van der Waals surface area contributed by atoms with Crippen LogP contribution in [0.15, 0.2) is 42.5 Å². The Hall–Kier alpha value is -2.34. The SMILES string of the molecule is CC(C)c1cccc(NCc2cc(F)cc(C#N)c2)c1. The molecule has 2 aromatic carbocycles. The van der Waals surface area contributed by atoms with Crippen LogP contribution >= 0.6 is 0 Å². The van der Waals surface area contributed by atoms with E-state index in [0.29, 0.717) is 18.0 Å². The molecule has 2 aromatic rings. The standard InChI is InChI=1S/C17H17FN2/c1-12(2)15-4-3-5-17(9-15)20-11-14-6-13(10-19)7-16(18)8-14/h3-9,12,20H,11H2,1-2H3. The topological polar surface area (TPSA) is 35.8 Å². The highest BCUT2D eigenvalue weighted by atomic mass is 19.1. The molecule has 0 heterocycles. The Bertz CT molecular complexity index is 642. The summed E-state index contributed by atoms with van der Waals surface area (Å²) in [6, 6.07) is 14.5. The summed E-state index contributed by atoms with van der Waals surface area (Å²) in [4.78, 5) is 0. The Balaban J connectivity index is 2.11. The molecule has 2 nitrogen and oxygen atoms in total. The smallest absolute Gasteiger partial charge is 0.124 e. The van der Waals surface area contributed by atoms with Gasteiger partial charge in [-0.2, -0.15) is 5.26 Å². The monoisotopic (exact) mass is 268 g/mol. The van der Waals surface area contributed by atoms with Crippen molar-refractivity contribution < 1.29 is 4.39 Å². The molecular weight excluding hydrogens is 251 g/mol. The summed E-state index contributed by atoms with van der Waals surface area (Å²) in [5.41, 5.74) is 3.36. The maximum atomic E-state index is 13.3. The molecule has 102 valence electrons. The van der Waals surface area contributed by atoms with E-state index in [1.165, 1.54) is 17.7 Å². The second-order valence-corrected chi connectivity index (χ2v) is 5.09. The normalized spacial score (nSPS) is 10.3. The number of halogens is 1. The first-order valence-corrected chi connectivity index (χ1v) is 6.62. The number of nitriles is 1. The third kappa shape index (κ3) is 3.58. The first-order chi connectivity index (χ1) is 9.58. The number of hydrogen-bond donors (Lipinski definition) is 1. The van der Waals surface area contributed by atoms with E-state index in [-0.39, 0.29) is 5.82 Å². The van der Waals surface area contributed by atoms with Crippen molar-refractivity contribution in [2.24, 2.45) is 0 Å². The molecule has 0 atom stereocenters. The summed E-state index contributed by atoms with van der Waals surface area (Å²) in [5.74, 6) is 0.0906. The van der Waals surface area contributed by atoms with E-state index in [1.54, 1.807) is 6.07 Å². The molecular formula is C17H17FN2. The second kappa shape index (κ2) is 6.21. The number of rotatable bonds is 4. The number of nitrogens with zero attached hydrogens (tertiary/aromatic N) is 1. The van der Waals surface area contributed by atoms with Gasteiger partial charge in [0.1, 0.15) is 5.82 Å². The van der Waals surface area contributed by atoms with Crippen molar-refractivity contribution in [1.29, 1.82) is 5.26 Å². The van der Waals surface area contributed by atoms with Crippen molar-refractivity contribution in [2.45, 2.75) is 26.3 Å². The van der Waals surface area contributed by atoms with Crippen LogP contribution in [0.25, 0.3) is 0 Å². The van der Waals surface area contributed by atoms with E-state index in [9.17, 15) is 4.39 Å². The molecule has 0 aromatic heterocycles. The minimum atomic E-state index is -0.378. The maximum Gasteiger partial charge on any atom is 0.124 e. The predicted octanol–water partition coefficient (Wildman–Crippen LogP) is 4.43.